The number of carbonyl (C=O) groups excluding carboxylic acids is 2. The van der Waals surface area contributed by atoms with Gasteiger partial charge in [-0.05, 0) is 107 Å². The number of aliphatic hydroxyl groups excluding tert-OH is 1. The third-order valence-electron chi connectivity index (χ3n) is 14.1. The monoisotopic (exact) mass is 1010 g/mol. The lowest BCUT2D eigenvalue weighted by Crippen LogP contribution is -2.48. The number of thiophene rings is 1. The molecule has 2 amide bonds. The Hall–Kier alpha value is -6.27. The van der Waals surface area contributed by atoms with Crippen molar-refractivity contribution in [2.75, 3.05) is 50.0 Å². The quantitative estimate of drug-likeness (QED) is 0.0793. The first-order valence-electron chi connectivity index (χ1n) is 24.4. The number of aromatic nitrogens is 5. The van der Waals surface area contributed by atoms with Crippen LogP contribution < -0.4 is 20.7 Å². The normalized spacial score (nSPS) is 21.0. The second kappa shape index (κ2) is 21.2. The number of hydrogen-bond acceptors (Lipinski definition) is 17. The van der Waals surface area contributed by atoms with Crippen LogP contribution in [-0.4, -0.2) is 110 Å². The average molecular weight is 1010 g/mol. The van der Waals surface area contributed by atoms with E-state index in [1.165, 1.54) is 33.6 Å². The number of aliphatic hydroxyl groups is 1. The summed E-state index contributed by atoms with van der Waals surface area (Å²) in [5.41, 5.74) is 12.0. The molecule has 3 aliphatic rings. The molecule has 7 heterocycles. The third-order valence-corrected chi connectivity index (χ3v) is 16.2. The fourth-order valence-electron chi connectivity index (χ4n) is 10.4. The van der Waals surface area contributed by atoms with Crippen LogP contribution in [0.4, 0.5) is 15.3 Å². The van der Waals surface area contributed by atoms with Crippen LogP contribution in [0.5, 0.6) is 5.88 Å². The zero-order valence-corrected chi connectivity index (χ0v) is 42.3. The largest absolute Gasteiger partial charge is 0.476 e. The molecule has 5 aromatic heterocycles. The molecule has 4 N–H and O–H groups in total. The van der Waals surface area contributed by atoms with Crippen LogP contribution in [0, 0.1) is 30.0 Å². The molecule has 6 aromatic rings. The van der Waals surface area contributed by atoms with E-state index >= 15 is 4.39 Å². The van der Waals surface area contributed by atoms with Gasteiger partial charge in [0.15, 0.2) is 5.76 Å². The number of thiazole rings is 1. The maximum Gasteiger partial charge on any atom is 0.254 e. The predicted octanol–water partition coefficient (Wildman–Crippen LogP) is 7.63. The second-order valence-electron chi connectivity index (χ2n) is 19.5. The Bertz CT molecular complexity index is 2910. The van der Waals surface area contributed by atoms with E-state index in [1.54, 1.807) is 29.9 Å². The molecular weight excluding hydrogens is 946 g/mol. The molecule has 2 fully saturated rings. The van der Waals surface area contributed by atoms with Crippen LogP contribution in [-0.2, 0) is 28.0 Å². The Morgan fingerprint density at radius 3 is 2.72 bits per heavy atom. The fraction of sp³-hybridized carbons (Fsp3) is 0.490. The summed E-state index contributed by atoms with van der Waals surface area (Å²) >= 11 is 2.86. The van der Waals surface area contributed by atoms with Crippen molar-refractivity contribution in [3.05, 3.63) is 92.7 Å². The van der Waals surface area contributed by atoms with E-state index in [0.717, 1.165) is 85.7 Å². The summed E-state index contributed by atoms with van der Waals surface area (Å²) in [6.07, 6.45) is 6.27. The lowest BCUT2D eigenvalue weighted by Gasteiger charge is -2.31. The Morgan fingerprint density at radius 2 is 1.94 bits per heavy atom. The number of nitrogens with one attached hydrogen (secondary N) is 1. The number of halogens is 1. The summed E-state index contributed by atoms with van der Waals surface area (Å²) in [6.45, 7) is 13.8. The predicted molar refractivity (Wildman–Crippen MR) is 267 cm³/mol. The molecule has 9 rings (SSSR count). The molecule has 1 aromatic carbocycles. The van der Waals surface area contributed by atoms with Crippen molar-refractivity contribution in [1.29, 1.82) is 5.26 Å². The van der Waals surface area contributed by atoms with Crippen LogP contribution in [0.15, 0.2) is 57.2 Å². The molecule has 20 heteroatoms. The first-order chi connectivity index (χ1) is 34.2. The zero-order valence-electron chi connectivity index (χ0n) is 40.7. The zero-order chi connectivity index (χ0) is 50.0. The van der Waals surface area contributed by atoms with Crippen molar-refractivity contribution < 1.29 is 32.9 Å². The number of β-amino-alcohol motifs (C(OH)–C–C–N with tert-alkyl or cyclic N) is 1. The molecule has 1 aliphatic carbocycles. The van der Waals surface area contributed by atoms with Crippen molar-refractivity contribution in [3.63, 3.8) is 0 Å². The Kier molecular flexibility index (Phi) is 14.8. The van der Waals surface area contributed by atoms with Crippen LogP contribution in [0.2, 0.25) is 0 Å². The highest BCUT2D eigenvalue weighted by Crippen LogP contribution is 2.49. The minimum Gasteiger partial charge on any atom is -0.476 e. The van der Waals surface area contributed by atoms with Gasteiger partial charge in [-0.2, -0.15) is 5.26 Å². The molecule has 5 atom stereocenters. The van der Waals surface area contributed by atoms with E-state index in [0.29, 0.717) is 57.2 Å². The van der Waals surface area contributed by atoms with Gasteiger partial charge in [-0.25, -0.2) is 19.3 Å². The number of benzene rings is 1. The maximum atomic E-state index is 15.1. The number of amides is 2. The highest BCUT2D eigenvalue weighted by molar-refractivity contribution is 7.16. The molecule has 1 unspecified atom stereocenters. The number of ether oxygens (including phenoxy) is 1. The summed E-state index contributed by atoms with van der Waals surface area (Å²) in [5, 5.41) is 32.6. The SMILES string of the molecule is Cc1ncsc1-c1ccc(CNC(=O)[C@@H]2C[C@@H](O)CN2C(=O)C(c2cc(OCCCCN3CCCN(c4nccc(-c5cc([C@@]6(C)CCCc7sc(N)c(C#N)c76)on5)n4)[C@@H](C)C3)no2)C(C)C)cc1F. The number of anilines is 2. The van der Waals surface area contributed by atoms with Gasteiger partial charge in [-0.3, -0.25) is 9.59 Å². The number of aryl methyl sites for hydroxylation is 2. The summed E-state index contributed by atoms with van der Waals surface area (Å²) < 4.78 is 32.8. The molecule has 2 saturated heterocycles. The van der Waals surface area contributed by atoms with E-state index in [-0.39, 0.29) is 43.3 Å². The van der Waals surface area contributed by atoms with Gasteiger partial charge in [0.2, 0.25) is 17.8 Å². The summed E-state index contributed by atoms with van der Waals surface area (Å²) in [4.78, 5) is 49.6. The van der Waals surface area contributed by atoms with Gasteiger partial charge < -0.3 is 44.6 Å². The summed E-state index contributed by atoms with van der Waals surface area (Å²) in [5.74, 6) is -0.246. The number of likely N-dealkylation sites (tertiary alicyclic amines) is 1. The second-order valence-corrected chi connectivity index (χ2v) is 21.5. The number of unbranched alkanes of at least 4 members (excludes halogenated alkanes) is 1. The number of nitrogen functional groups attached to an aromatic ring is 1. The highest BCUT2D eigenvalue weighted by Gasteiger charge is 2.44. The molecular formula is C51H60FN11O6S2. The molecule has 0 bridgehead atoms. The lowest BCUT2D eigenvalue weighted by atomic mass is 9.71. The van der Waals surface area contributed by atoms with E-state index < -0.39 is 35.2 Å². The van der Waals surface area contributed by atoms with Crippen LogP contribution in [0.25, 0.3) is 21.8 Å². The van der Waals surface area contributed by atoms with E-state index in [2.05, 4.69) is 55.3 Å². The highest BCUT2D eigenvalue weighted by atomic mass is 32.1. The third kappa shape index (κ3) is 10.4. The van der Waals surface area contributed by atoms with Gasteiger partial charge in [-0.15, -0.1) is 22.7 Å². The number of rotatable bonds is 16. The van der Waals surface area contributed by atoms with Crippen molar-refractivity contribution in [2.24, 2.45) is 5.92 Å². The molecule has 71 heavy (non-hydrogen) atoms. The number of fused-ring (bicyclic) bond motifs is 1. The topological polar surface area (TPSA) is 226 Å². The standard InChI is InChI=1S/C51H60FN11O6S2/c1-29(2)44(49(66)63-27-33(64)21-39(63)48(65)56-25-32-11-12-34(36(52)20-32)46-31(4)57-28-70-46)40-23-43(60-68-40)67-19-7-6-16-61-17-9-18-62(30(3)26-61)50-55-15-13-37(58-50)38-22-42(69-59-38)51(5)14-8-10-41-45(51)35(24-53)47(54)71-41/h11-13,15,20,22-23,28-30,33,39,44,64H,6-10,14,16-19,21,25-27,54H2,1-5H3,(H,56,65)/t30-,33+,39-,44?,51+/m0/s1. The number of nitrogens with two attached hydrogens (primary N) is 1. The minimum absolute atomic E-state index is 0.00466. The van der Waals surface area contributed by atoms with Crippen molar-refractivity contribution in [2.45, 2.75) is 116 Å². The smallest absolute Gasteiger partial charge is 0.254 e. The minimum atomic E-state index is -0.913. The van der Waals surface area contributed by atoms with E-state index in [4.69, 9.17) is 24.5 Å². The van der Waals surface area contributed by atoms with E-state index in [1.807, 2.05) is 32.9 Å². The first kappa shape index (κ1) is 49.7. The van der Waals surface area contributed by atoms with Gasteiger partial charge in [-0.1, -0.05) is 31.1 Å². The Balaban J connectivity index is 0.747. The van der Waals surface area contributed by atoms with Crippen molar-refractivity contribution in [1.82, 2.24) is 40.4 Å². The van der Waals surface area contributed by atoms with Crippen LogP contribution in [0.3, 0.4) is 0 Å². The van der Waals surface area contributed by atoms with Crippen LogP contribution >= 0.6 is 22.7 Å². The molecule has 0 radical (unpaired) electrons. The average Bonchev–Trinajstić information content (AvgIpc) is 4.21. The number of carbonyl (C=O) groups is 2. The number of nitriles is 1. The maximum absolute atomic E-state index is 15.1. The fourth-order valence-corrected chi connectivity index (χ4v) is 12.4. The van der Waals surface area contributed by atoms with Crippen molar-refractivity contribution in [3.8, 4) is 33.8 Å². The van der Waals surface area contributed by atoms with Crippen molar-refractivity contribution >= 4 is 45.4 Å². The molecule has 2 aliphatic heterocycles. The Labute approximate surface area is 420 Å². The van der Waals surface area contributed by atoms with Gasteiger partial charge in [0, 0.05) is 67.4 Å². The summed E-state index contributed by atoms with van der Waals surface area (Å²) in [7, 11) is 0. The van der Waals surface area contributed by atoms with Gasteiger partial charge in [0.05, 0.1) is 45.5 Å². The first-order valence-corrected chi connectivity index (χ1v) is 26.1. The summed E-state index contributed by atoms with van der Waals surface area (Å²) in [6, 6.07) is 11.8. The van der Waals surface area contributed by atoms with E-state index in [9.17, 15) is 20.0 Å². The number of hydrogen-bond donors (Lipinski definition) is 3. The molecule has 374 valence electrons. The lowest BCUT2D eigenvalue weighted by molar-refractivity contribution is -0.141. The van der Waals surface area contributed by atoms with Gasteiger partial charge >= 0.3 is 0 Å². The molecule has 0 spiro atoms. The number of nitrogens with zero attached hydrogens (tertiary/aromatic N) is 9. The van der Waals surface area contributed by atoms with Gasteiger partial charge in [0.1, 0.15) is 40.3 Å². The molecule has 17 nitrogen and oxygen atoms in total. The van der Waals surface area contributed by atoms with Gasteiger partial charge in [0.25, 0.3) is 5.88 Å². The molecule has 0 saturated carbocycles. The van der Waals surface area contributed by atoms with Crippen LogP contribution in [0.1, 0.15) is 111 Å². The Morgan fingerprint density at radius 1 is 1.10 bits per heavy atom.